The molecule has 2 saturated carbocycles. The van der Waals surface area contributed by atoms with Gasteiger partial charge in [0.15, 0.2) is 14.1 Å². The molecule has 4 rings (SSSR count). The monoisotopic (exact) mass is 596 g/mol. The second-order valence-corrected chi connectivity index (χ2v) is 18.9. The van der Waals surface area contributed by atoms with E-state index in [0.717, 1.165) is 36.1 Å². The number of carbonyl (C=O) groups is 1. The van der Waals surface area contributed by atoms with Gasteiger partial charge in [0.2, 0.25) is 0 Å². The molecular weight excluding hydrogens is 544 g/mol. The predicted octanol–water partition coefficient (Wildman–Crippen LogP) is 8.09. The molecule has 0 aromatic heterocycles. The summed E-state index contributed by atoms with van der Waals surface area (Å²) in [5.74, 6) is 1.09. The average Bonchev–Trinajstić information content (AvgIpc) is 3.22. The Bertz CT molecular complexity index is 1160. The van der Waals surface area contributed by atoms with E-state index in [1.165, 1.54) is 0 Å². The third-order valence-corrected chi connectivity index (χ3v) is 14.7. The highest BCUT2D eigenvalue weighted by atomic mass is 28.4. The number of rotatable bonds is 11. The van der Waals surface area contributed by atoms with Crippen LogP contribution in [0.15, 0.2) is 54.6 Å². The number of fused-ring (bicyclic) bond motifs is 2. The van der Waals surface area contributed by atoms with Gasteiger partial charge in [-0.1, -0.05) is 77.1 Å². The first-order valence-corrected chi connectivity index (χ1v) is 18.4. The minimum Gasteiger partial charge on any atom is -0.497 e. The number of methoxy groups -OCH3 is 1. The lowest BCUT2D eigenvalue weighted by Crippen LogP contribution is -2.55. The molecule has 6 nitrogen and oxygen atoms in total. The molecule has 0 unspecified atom stereocenters. The molecule has 232 valence electrons. The Balaban J connectivity index is 1.60. The van der Waals surface area contributed by atoms with E-state index in [1.54, 1.807) is 7.11 Å². The first kappa shape index (κ1) is 32.9. The van der Waals surface area contributed by atoms with Gasteiger partial charge in [-0.25, -0.2) is 0 Å². The zero-order valence-corrected chi connectivity index (χ0v) is 28.0. The number of carbonyl (C=O) groups excluding carboxylic acids is 1. The van der Waals surface area contributed by atoms with E-state index in [4.69, 9.17) is 23.4 Å². The Kier molecular flexibility index (Phi) is 10.4. The second kappa shape index (κ2) is 13.3. The fraction of sp³-hybridized carbons (Fsp3) is 0.629. The zero-order valence-electron chi connectivity index (χ0n) is 27.0. The molecule has 0 radical (unpaired) electrons. The van der Waals surface area contributed by atoms with Crippen molar-refractivity contribution in [1.82, 2.24) is 0 Å². The summed E-state index contributed by atoms with van der Waals surface area (Å²) >= 11 is 0. The average molecular weight is 597 g/mol. The number of benzene rings is 2. The van der Waals surface area contributed by atoms with Crippen LogP contribution in [-0.4, -0.2) is 45.8 Å². The molecule has 4 atom stereocenters. The summed E-state index contributed by atoms with van der Waals surface area (Å²) in [5.41, 5.74) is 0.789. The molecule has 0 amide bonds. The standard InChI is InChI=1S/C35H52O6Si/c1-33(2,3)42(7,8)41-30-15-12-16-31(36)35(40-25-38-23-26-13-10-9-11-14-26)22-21-29(34(35,4)5)32(30)39-24-27-17-19-28(37-6)20-18-27/h9-11,13-14,17-20,29-30,32H,12,15-16,21-25H2,1-8H3/t29-,30+,32-,35-/m1/s1. The Morgan fingerprint density at radius 1 is 0.929 bits per heavy atom. The van der Waals surface area contributed by atoms with Crippen LogP contribution in [0.2, 0.25) is 18.1 Å². The Labute approximate surface area is 254 Å². The highest BCUT2D eigenvalue weighted by Crippen LogP contribution is 2.57. The Morgan fingerprint density at radius 3 is 2.24 bits per heavy atom. The number of hydrogen-bond acceptors (Lipinski definition) is 6. The third-order valence-electron chi connectivity index (χ3n) is 10.2. The lowest BCUT2D eigenvalue weighted by Gasteiger charge is -2.47. The summed E-state index contributed by atoms with van der Waals surface area (Å²) in [6, 6.07) is 18.1. The van der Waals surface area contributed by atoms with Crippen LogP contribution in [0.1, 0.15) is 77.8 Å². The molecule has 0 aliphatic heterocycles. The SMILES string of the molecule is COc1ccc(CO[C@H]2[C@@H](O[Si](C)(C)C(C)(C)C)CCCC(=O)[C@]3(OCOCc4ccccc4)CC[C@H]2C3(C)C)cc1. The van der Waals surface area contributed by atoms with Crippen molar-refractivity contribution in [1.29, 1.82) is 0 Å². The maximum Gasteiger partial charge on any atom is 0.192 e. The van der Waals surface area contributed by atoms with Gasteiger partial charge in [-0.3, -0.25) is 4.79 Å². The Morgan fingerprint density at radius 2 is 1.60 bits per heavy atom. The van der Waals surface area contributed by atoms with Gasteiger partial charge in [-0.05, 0) is 73.0 Å². The molecular formula is C35H52O6Si. The maximum absolute atomic E-state index is 14.0. The summed E-state index contributed by atoms with van der Waals surface area (Å²) in [5, 5.41) is 0.0654. The minimum atomic E-state index is -2.11. The van der Waals surface area contributed by atoms with Gasteiger partial charge >= 0.3 is 0 Å². The molecule has 0 spiro atoms. The van der Waals surface area contributed by atoms with E-state index in [9.17, 15) is 4.79 Å². The molecule has 42 heavy (non-hydrogen) atoms. The quantitative estimate of drug-likeness (QED) is 0.148. The van der Waals surface area contributed by atoms with Crippen molar-refractivity contribution < 1.29 is 28.2 Å². The van der Waals surface area contributed by atoms with Crippen molar-refractivity contribution in [2.75, 3.05) is 13.9 Å². The fourth-order valence-corrected chi connectivity index (χ4v) is 7.90. The predicted molar refractivity (Wildman–Crippen MR) is 169 cm³/mol. The van der Waals surface area contributed by atoms with Crippen LogP contribution in [0, 0.1) is 11.3 Å². The smallest absolute Gasteiger partial charge is 0.192 e. The molecule has 7 heteroatoms. The highest BCUT2D eigenvalue weighted by molar-refractivity contribution is 6.74. The molecule has 2 aliphatic rings. The normalized spacial score (nSPS) is 26.4. The summed E-state index contributed by atoms with van der Waals surface area (Å²) in [4.78, 5) is 14.0. The topological polar surface area (TPSA) is 63.2 Å². The molecule has 0 saturated heterocycles. The number of hydrogen-bond donors (Lipinski definition) is 0. The van der Waals surface area contributed by atoms with Crippen LogP contribution in [0.25, 0.3) is 0 Å². The van der Waals surface area contributed by atoms with Crippen molar-refractivity contribution >= 4 is 14.1 Å². The van der Waals surface area contributed by atoms with E-state index in [1.807, 2.05) is 42.5 Å². The van der Waals surface area contributed by atoms with Crippen LogP contribution in [0.3, 0.4) is 0 Å². The third kappa shape index (κ3) is 7.02. The lowest BCUT2D eigenvalue weighted by molar-refractivity contribution is -0.199. The highest BCUT2D eigenvalue weighted by Gasteiger charge is 2.63. The van der Waals surface area contributed by atoms with Crippen LogP contribution in [0.5, 0.6) is 5.75 Å². The van der Waals surface area contributed by atoms with Crippen LogP contribution >= 0.6 is 0 Å². The molecule has 2 fully saturated rings. The van der Waals surface area contributed by atoms with Gasteiger partial charge in [0.05, 0.1) is 32.5 Å². The van der Waals surface area contributed by atoms with Gasteiger partial charge < -0.3 is 23.4 Å². The number of ketones is 1. The summed E-state index contributed by atoms with van der Waals surface area (Å²) in [7, 11) is -0.435. The van der Waals surface area contributed by atoms with Crippen molar-refractivity contribution in [3.63, 3.8) is 0 Å². The minimum absolute atomic E-state index is 0.0654. The van der Waals surface area contributed by atoms with E-state index < -0.39 is 19.3 Å². The molecule has 0 N–H and O–H groups in total. The van der Waals surface area contributed by atoms with E-state index in [0.29, 0.717) is 26.1 Å². The van der Waals surface area contributed by atoms with Crippen molar-refractivity contribution in [2.24, 2.45) is 11.3 Å². The van der Waals surface area contributed by atoms with E-state index in [-0.39, 0.29) is 35.7 Å². The maximum atomic E-state index is 14.0. The van der Waals surface area contributed by atoms with Crippen LogP contribution in [-0.2, 0) is 36.6 Å². The van der Waals surface area contributed by atoms with Crippen molar-refractivity contribution in [3.8, 4) is 5.75 Å². The van der Waals surface area contributed by atoms with Gasteiger partial charge in [0.25, 0.3) is 0 Å². The first-order chi connectivity index (χ1) is 19.8. The zero-order chi connectivity index (χ0) is 30.6. The molecule has 2 aliphatic carbocycles. The van der Waals surface area contributed by atoms with Crippen molar-refractivity contribution in [2.45, 2.75) is 116 Å². The van der Waals surface area contributed by atoms with E-state index in [2.05, 4.69) is 59.8 Å². The summed E-state index contributed by atoms with van der Waals surface area (Å²) < 4.78 is 31.9. The summed E-state index contributed by atoms with van der Waals surface area (Å²) in [6.07, 6.45) is 3.24. The van der Waals surface area contributed by atoms with Crippen LogP contribution in [0.4, 0.5) is 0 Å². The second-order valence-electron chi connectivity index (χ2n) is 14.1. The fourth-order valence-electron chi connectivity index (χ4n) is 6.54. The van der Waals surface area contributed by atoms with Gasteiger partial charge in [-0.2, -0.15) is 0 Å². The van der Waals surface area contributed by atoms with Gasteiger partial charge in [0.1, 0.15) is 18.1 Å². The van der Waals surface area contributed by atoms with Gasteiger partial charge in [0, 0.05) is 11.8 Å². The number of Topliss-reactive ketones (excluding diaryl/α,β-unsaturated/α-hetero) is 1. The van der Waals surface area contributed by atoms with Crippen LogP contribution < -0.4 is 4.74 Å². The van der Waals surface area contributed by atoms with E-state index >= 15 is 0 Å². The Hall–Kier alpha value is -2.03. The molecule has 2 bridgehead atoms. The lowest BCUT2D eigenvalue weighted by atomic mass is 9.68. The largest absolute Gasteiger partial charge is 0.497 e. The molecule has 0 heterocycles. The van der Waals surface area contributed by atoms with Crippen molar-refractivity contribution in [3.05, 3.63) is 65.7 Å². The first-order valence-electron chi connectivity index (χ1n) is 15.5. The van der Waals surface area contributed by atoms with Gasteiger partial charge in [-0.15, -0.1) is 0 Å². The molecule has 2 aromatic carbocycles. The summed E-state index contributed by atoms with van der Waals surface area (Å²) in [6.45, 7) is 16.8. The number of ether oxygens (including phenoxy) is 4. The molecule has 2 aromatic rings.